The van der Waals surface area contributed by atoms with Gasteiger partial charge < -0.3 is 10.1 Å². The van der Waals surface area contributed by atoms with Crippen LogP contribution >= 0.6 is 11.6 Å². The first-order chi connectivity index (χ1) is 5.33. The van der Waals surface area contributed by atoms with E-state index in [0.717, 1.165) is 19.4 Å². The van der Waals surface area contributed by atoms with Crippen molar-refractivity contribution in [2.75, 3.05) is 19.0 Å². The third-order valence-corrected chi connectivity index (χ3v) is 1.92. The summed E-state index contributed by atoms with van der Waals surface area (Å²) in [6.07, 6.45) is 2.35. The fraction of sp³-hybridized carbons (Fsp3) is 0.857. The maximum atomic E-state index is 10.7. The molecule has 1 atom stereocenters. The van der Waals surface area contributed by atoms with Gasteiger partial charge in [-0.25, -0.2) is 0 Å². The van der Waals surface area contributed by atoms with Crippen LogP contribution in [0.15, 0.2) is 0 Å². The van der Waals surface area contributed by atoms with Gasteiger partial charge in [-0.05, 0) is 12.8 Å². The van der Waals surface area contributed by atoms with Crippen molar-refractivity contribution in [3.05, 3.63) is 0 Å². The molecule has 0 aromatic rings. The van der Waals surface area contributed by atoms with Gasteiger partial charge in [-0.2, -0.15) is 0 Å². The Morgan fingerprint density at radius 1 is 1.73 bits per heavy atom. The van der Waals surface area contributed by atoms with E-state index in [1.54, 1.807) is 0 Å². The lowest BCUT2D eigenvalue weighted by Crippen LogP contribution is -2.32. The highest BCUT2D eigenvalue weighted by atomic mass is 35.5. The van der Waals surface area contributed by atoms with Crippen LogP contribution in [0.2, 0.25) is 0 Å². The van der Waals surface area contributed by atoms with Crippen molar-refractivity contribution < 1.29 is 9.53 Å². The molecule has 0 spiro atoms. The molecule has 0 bridgehead atoms. The number of rotatable bonds is 3. The minimum atomic E-state index is -0.123. The Morgan fingerprint density at radius 2 is 2.55 bits per heavy atom. The minimum Gasteiger partial charge on any atom is -0.376 e. The predicted octanol–water partition coefficient (Wildman–Crippen LogP) is 0.520. The Bertz CT molecular complexity index is 134. The first-order valence-corrected chi connectivity index (χ1v) is 4.30. The maximum Gasteiger partial charge on any atom is 0.235 e. The van der Waals surface area contributed by atoms with Gasteiger partial charge in [-0.15, -0.1) is 11.6 Å². The Balaban J connectivity index is 2.06. The fourth-order valence-corrected chi connectivity index (χ4v) is 1.17. The zero-order valence-corrected chi connectivity index (χ0v) is 7.06. The Labute approximate surface area is 71.1 Å². The molecule has 1 rings (SSSR count). The zero-order chi connectivity index (χ0) is 8.10. The molecule has 0 aromatic carbocycles. The van der Waals surface area contributed by atoms with Crippen molar-refractivity contribution in [3.8, 4) is 0 Å². The molecular weight excluding hydrogens is 166 g/mol. The van der Waals surface area contributed by atoms with Crippen molar-refractivity contribution in [1.82, 2.24) is 5.32 Å². The molecule has 1 amide bonds. The second-order valence-corrected chi connectivity index (χ2v) is 2.84. The van der Waals surface area contributed by atoms with E-state index >= 15 is 0 Å². The first-order valence-electron chi connectivity index (χ1n) is 3.77. The number of carbonyl (C=O) groups is 1. The van der Waals surface area contributed by atoms with E-state index in [4.69, 9.17) is 16.3 Å². The number of alkyl halides is 1. The van der Waals surface area contributed by atoms with Crippen molar-refractivity contribution in [2.45, 2.75) is 18.9 Å². The summed E-state index contributed by atoms with van der Waals surface area (Å²) >= 11 is 5.28. The van der Waals surface area contributed by atoms with Crippen molar-refractivity contribution in [3.63, 3.8) is 0 Å². The zero-order valence-electron chi connectivity index (χ0n) is 6.31. The summed E-state index contributed by atoms with van der Waals surface area (Å²) in [5.74, 6) is -0.0885. The second-order valence-electron chi connectivity index (χ2n) is 2.57. The van der Waals surface area contributed by atoms with E-state index in [1.807, 2.05) is 0 Å². The van der Waals surface area contributed by atoms with E-state index in [2.05, 4.69) is 5.32 Å². The van der Waals surface area contributed by atoms with Crippen LogP contribution < -0.4 is 5.32 Å². The molecule has 64 valence electrons. The van der Waals surface area contributed by atoms with E-state index in [1.165, 1.54) is 0 Å². The van der Waals surface area contributed by atoms with Crippen LogP contribution in [0, 0.1) is 0 Å². The average Bonchev–Trinajstić information content (AvgIpc) is 2.52. The highest BCUT2D eigenvalue weighted by Gasteiger charge is 2.15. The third kappa shape index (κ3) is 3.08. The molecule has 3 nitrogen and oxygen atoms in total. The molecule has 1 aliphatic rings. The summed E-state index contributed by atoms with van der Waals surface area (Å²) in [6.45, 7) is 1.42. The van der Waals surface area contributed by atoms with Gasteiger partial charge in [0.2, 0.25) is 5.91 Å². The number of hydrogen-bond acceptors (Lipinski definition) is 2. The summed E-state index contributed by atoms with van der Waals surface area (Å²) in [5, 5.41) is 2.68. The highest BCUT2D eigenvalue weighted by Crippen LogP contribution is 2.10. The Hall–Kier alpha value is -0.280. The molecule has 4 heteroatoms. The van der Waals surface area contributed by atoms with E-state index in [-0.39, 0.29) is 17.9 Å². The largest absolute Gasteiger partial charge is 0.376 e. The Morgan fingerprint density at radius 3 is 3.09 bits per heavy atom. The molecule has 0 radical (unpaired) electrons. The normalized spacial score (nSPS) is 23.5. The molecule has 1 saturated heterocycles. The van der Waals surface area contributed by atoms with Gasteiger partial charge in [-0.3, -0.25) is 4.79 Å². The fourth-order valence-electron chi connectivity index (χ4n) is 1.08. The average molecular weight is 178 g/mol. The lowest BCUT2D eigenvalue weighted by atomic mass is 10.2. The van der Waals surface area contributed by atoms with Gasteiger partial charge in [-0.1, -0.05) is 0 Å². The van der Waals surface area contributed by atoms with Gasteiger partial charge >= 0.3 is 0 Å². The van der Waals surface area contributed by atoms with Crippen molar-refractivity contribution in [2.24, 2.45) is 0 Å². The van der Waals surface area contributed by atoms with Crippen LogP contribution in [0.4, 0.5) is 0 Å². The molecule has 1 N–H and O–H groups in total. The van der Waals surface area contributed by atoms with Crippen molar-refractivity contribution >= 4 is 17.5 Å². The van der Waals surface area contributed by atoms with Crippen LogP contribution in [0.3, 0.4) is 0 Å². The quantitative estimate of drug-likeness (QED) is 0.639. The van der Waals surface area contributed by atoms with Crippen molar-refractivity contribution in [1.29, 1.82) is 0 Å². The van der Waals surface area contributed by atoms with Gasteiger partial charge in [0.25, 0.3) is 0 Å². The second kappa shape index (κ2) is 4.57. The summed E-state index contributed by atoms with van der Waals surface area (Å²) < 4.78 is 5.29. The molecule has 0 unspecified atom stereocenters. The molecule has 0 aliphatic carbocycles. The van der Waals surface area contributed by atoms with Gasteiger partial charge in [0, 0.05) is 13.2 Å². The lowest BCUT2D eigenvalue weighted by molar-refractivity contribution is -0.119. The number of amides is 1. The molecule has 0 aromatic heterocycles. The molecule has 11 heavy (non-hydrogen) atoms. The van der Waals surface area contributed by atoms with E-state index in [9.17, 15) is 4.79 Å². The van der Waals surface area contributed by atoms with Crippen LogP contribution in [0.1, 0.15) is 12.8 Å². The number of halogens is 1. The number of carbonyl (C=O) groups excluding carboxylic acids is 1. The highest BCUT2D eigenvalue weighted by molar-refractivity contribution is 6.27. The van der Waals surface area contributed by atoms with E-state index < -0.39 is 0 Å². The summed E-state index contributed by atoms with van der Waals surface area (Å²) in [7, 11) is 0. The number of ether oxygens (including phenoxy) is 1. The van der Waals surface area contributed by atoms with Crippen LogP contribution in [0.25, 0.3) is 0 Å². The smallest absolute Gasteiger partial charge is 0.235 e. The summed E-state index contributed by atoms with van der Waals surface area (Å²) in [6, 6.07) is 0. The summed E-state index contributed by atoms with van der Waals surface area (Å²) in [5.41, 5.74) is 0. The molecular formula is C7H12ClNO2. The van der Waals surface area contributed by atoms with Crippen LogP contribution in [-0.2, 0) is 9.53 Å². The standard InChI is InChI=1S/C7H12ClNO2/c8-4-7(10)9-5-6-2-1-3-11-6/h6H,1-5H2,(H,9,10)/t6-/m0/s1. The van der Waals surface area contributed by atoms with Gasteiger partial charge in [0.05, 0.1) is 6.10 Å². The molecule has 1 heterocycles. The van der Waals surface area contributed by atoms with Gasteiger partial charge in [0.15, 0.2) is 0 Å². The van der Waals surface area contributed by atoms with E-state index in [0.29, 0.717) is 6.54 Å². The number of nitrogens with one attached hydrogen (secondary N) is 1. The third-order valence-electron chi connectivity index (χ3n) is 1.67. The van der Waals surface area contributed by atoms with Gasteiger partial charge in [0.1, 0.15) is 5.88 Å². The van der Waals surface area contributed by atoms with Crippen LogP contribution in [-0.4, -0.2) is 31.0 Å². The van der Waals surface area contributed by atoms with Crippen LogP contribution in [0.5, 0.6) is 0 Å². The molecule has 0 saturated carbocycles. The Kier molecular flexibility index (Phi) is 3.66. The lowest BCUT2D eigenvalue weighted by Gasteiger charge is -2.08. The molecule has 1 aliphatic heterocycles. The first kappa shape index (κ1) is 8.81. The SMILES string of the molecule is O=C(CCl)NC[C@@H]1CCCO1. The monoisotopic (exact) mass is 177 g/mol. The maximum absolute atomic E-state index is 10.7. The predicted molar refractivity (Wildman–Crippen MR) is 42.7 cm³/mol. The minimum absolute atomic E-state index is 0.0344. The number of hydrogen-bond donors (Lipinski definition) is 1. The molecule has 1 fully saturated rings. The topological polar surface area (TPSA) is 38.3 Å². The summed E-state index contributed by atoms with van der Waals surface area (Å²) in [4.78, 5) is 10.7.